The van der Waals surface area contributed by atoms with E-state index >= 15 is 0 Å². The molecule has 21 heavy (non-hydrogen) atoms. The molecule has 0 aliphatic carbocycles. The summed E-state index contributed by atoms with van der Waals surface area (Å²) in [5.74, 6) is 0. The van der Waals surface area contributed by atoms with Crippen LogP contribution in [-0.2, 0) is 0 Å². The van der Waals surface area contributed by atoms with Gasteiger partial charge in [0, 0.05) is 11.6 Å². The molecule has 2 rings (SSSR count). The fourth-order valence-corrected chi connectivity index (χ4v) is 3.34. The molecule has 112 valence electrons. The third-order valence-corrected chi connectivity index (χ3v) is 4.89. The SMILES string of the molecule is CCNC(C)c1ccccc1-c1c(Cl)c(Cl)cc(Cl)c1Cl. The van der Waals surface area contributed by atoms with Gasteiger partial charge < -0.3 is 5.32 Å². The van der Waals surface area contributed by atoms with E-state index in [1.807, 2.05) is 24.3 Å². The van der Waals surface area contributed by atoms with Gasteiger partial charge in [-0.3, -0.25) is 0 Å². The van der Waals surface area contributed by atoms with E-state index < -0.39 is 0 Å². The molecule has 0 saturated heterocycles. The molecule has 2 aromatic rings. The number of halogens is 4. The molecule has 0 aliphatic heterocycles. The Morgan fingerprint density at radius 2 is 1.57 bits per heavy atom. The van der Waals surface area contributed by atoms with Crippen molar-refractivity contribution in [2.45, 2.75) is 19.9 Å². The van der Waals surface area contributed by atoms with E-state index in [0.29, 0.717) is 25.7 Å². The fourth-order valence-electron chi connectivity index (χ4n) is 2.33. The fraction of sp³-hybridized carbons (Fsp3) is 0.250. The van der Waals surface area contributed by atoms with Gasteiger partial charge in [-0.15, -0.1) is 0 Å². The standard InChI is InChI=1S/C16H15Cl4N/c1-3-21-9(2)10-6-4-5-7-11(10)14-15(19)12(17)8-13(18)16(14)20/h4-9,21H,3H2,1-2H3. The minimum Gasteiger partial charge on any atom is -0.310 e. The largest absolute Gasteiger partial charge is 0.310 e. The lowest BCUT2D eigenvalue weighted by molar-refractivity contribution is 0.599. The molecule has 0 radical (unpaired) electrons. The van der Waals surface area contributed by atoms with Gasteiger partial charge in [0.15, 0.2) is 0 Å². The predicted octanol–water partition coefficient (Wildman–Crippen LogP) is 6.64. The smallest absolute Gasteiger partial charge is 0.0686 e. The first kappa shape index (κ1) is 16.9. The molecule has 0 spiro atoms. The Morgan fingerprint density at radius 3 is 2.14 bits per heavy atom. The van der Waals surface area contributed by atoms with Crippen molar-refractivity contribution in [3.63, 3.8) is 0 Å². The molecular formula is C16H15Cl4N. The highest BCUT2D eigenvalue weighted by molar-refractivity contribution is 6.50. The van der Waals surface area contributed by atoms with E-state index in [4.69, 9.17) is 46.4 Å². The van der Waals surface area contributed by atoms with Gasteiger partial charge in [-0.05, 0) is 30.7 Å². The summed E-state index contributed by atoms with van der Waals surface area (Å²) in [7, 11) is 0. The molecule has 0 aliphatic rings. The number of hydrogen-bond donors (Lipinski definition) is 1. The molecule has 5 heteroatoms. The van der Waals surface area contributed by atoms with E-state index in [0.717, 1.165) is 17.7 Å². The van der Waals surface area contributed by atoms with Crippen molar-refractivity contribution < 1.29 is 0 Å². The van der Waals surface area contributed by atoms with E-state index in [9.17, 15) is 0 Å². The van der Waals surface area contributed by atoms with E-state index in [2.05, 4.69) is 19.2 Å². The highest BCUT2D eigenvalue weighted by Crippen LogP contribution is 2.45. The van der Waals surface area contributed by atoms with Gasteiger partial charge in [0.2, 0.25) is 0 Å². The topological polar surface area (TPSA) is 12.0 Å². The monoisotopic (exact) mass is 361 g/mol. The summed E-state index contributed by atoms with van der Waals surface area (Å²) in [5.41, 5.74) is 2.71. The molecule has 2 aromatic carbocycles. The van der Waals surface area contributed by atoms with Crippen molar-refractivity contribution in [2.75, 3.05) is 6.54 Å². The number of nitrogens with one attached hydrogen (secondary N) is 1. The molecular weight excluding hydrogens is 348 g/mol. The molecule has 0 saturated carbocycles. The minimum atomic E-state index is 0.163. The maximum Gasteiger partial charge on any atom is 0.0686 e. The van der Waals surface area contributed by atoms with Crippen LogP contribution in [0.4, 0.5) is 0 Å². The second kappa shape index (κ2) is 7.21. The molecule has 1 nitrogen and oxygen atoms in total. The highest BCUT2D eigenvalue weighted by atomic mass is 35.5. The third kappa shape index (κ3) is 3.49. The van der Waals surface area contributed by atoms with E-state index in [1.54, 1.807) is 6.07 Å². The van der Waals surface area contributed by atoms with Crippen LogP contribution in [0, 0.1) is 0 Å². The average molecular weight is 363 g/mol. The summed E-state index contributed by atoms with van der Waals surface area (Å²) in [6, 6.07) is 9.68. The van der Waals surface area contributed by atoms with Crippen LogP contribution >= 0.6 is 46.4 Å². The third-order valence-electron chi connectivity index (χ3n) is 3.32. The van der Waals surface area contributed by atoms with E-state index in [-0.39, 0.29) is 6.04 Å². The van der Waals surface area contributed by atoms with Gasteiger partial charge in [-0.25, -0.2) is 0 Å². The maximum atomic E-state index is 6.36. The molecule has 0 bridgehead atoms. The van der Waals surface area contributed by atoms with E-state index in [1.165, 1.54) is 0 Å². The molecule has 1 atom stereocenters. The first-order valence-electron chi connectivity index (χ1n) is 6.63. The van der Waals surface area contributed by atoms with Crippen molar-refractivity contribution in [3.05, 3.63) is 56.0 Å². The summed E-state index contributed by atoms with van der Waals surface area (Å²) >= 11 is 25.0. The van der Waals surface area contributed by atoms with Gasteiger partial charge in [0.25, 0.3) is 0 Å². The van der Waals surface area contributed by atoms with Gasteiger partial charge in [0.05, 0.1) is 20.1 Å². The molecule has 0 amide bonds. The second-order valence-corrected chi connectivity index (χ2v) is 6.28. The molecule has 1 unspecified atom stereocenters. The Morgan fingerprint density at radius 1 is 1.00 bits per heavy atom. The first-order valence-corrected chi connectivity index (χ1v) is 8.14. The van der Waals surface area contributed by atoms with Crippen molar-refractivity contribution in [1.82, 2.24) is 5.32 Å². The van der Waals surface area contributed by atoms with Crippen LogP contribution < -0.4 is 5.32 Å². The van der Waals surface area contributed by atoms with Gasteiger partial charge in [0.1, 0.15) is 0 Å². The highest BCUT2D eigenvalue weighted by Gasteiger charge is 2.19. The van der Waals surface area contributed by atoms with Crippen LogP contribution in [-0.4, -0.2) is 6.54 Å². The summed E-state index contributed by atoms with van der Waals surface area (Å²) in [6.45, 7) is 5.03. The van der Waals surface area contributed by atoms with Crippen LogP contribution in [0.3, 0.4) is 0 Å². The average Bonchev–Trinajstić information content (AvgIpc) is 2.46. The Balaban J connectivity index is 2.68. The van der Waals surface area contributed by atoms with Gasteiger partial charge in [-0.2, -0.15) is 0 Å². The van der Waals surface area contributed by atoms with Crippen molar-refractivity contribution >= 4 is 46.4 Å². The quantitative estimate of drug-likeness (QED) is 0.601. The first-order chi connectivity index (χ1) is 9.97. The number of rotatable bonds is 4. The Kier molecular flexibility index (Phi) is 5.81. The van der Waals surface area contributed by atoms with Crippen LogP contribution in [0.2, 0.25) is 20.1 Å². The zero-order valence-electron chi connectivity index (χ0n) is 11.7. The normalized spacial score (nSPS) is 12.5. The number of hydrogen-bond acceptors (Lipinski definition) is 1. The molecule has 0 fully saturated rings. The van der Waals surface area contributed by atoms with Crippen LogP contribution in [0.15, 0.2) is 30.3 Å². The number of benzene rings is 2. The van der Waals surface area contributed by atoms with Crippen molar-refractivity contribution in [3.8, 4) is 11.1 Å². The van der Waals surface area contributed by atoms with Crippen LogP contribution in [0.5, 0.6) is 0 Å². The summed E-state index contributed by atoms with van der Waals surface area (Å²) < 4.78 is 0. The Bertz CT molecular complexity index is 629. The van der Waals surface area contributed by atoms with Crippen LogP contribution in [0.25, 0.3) is 11.1 Å². The van der Waals surface area contributed by atoms with Crippen molar-refractivity contribution in [1.29, 1.82) is 0 Å². The molecule has 0 aromatic heterocycles. The lowest BCUT2D eigenvalue weighted by Gasteiger charge is -2.19. The Hall–Kier alpha value is -0.440. The molecule has 1 N–H and O–H groups in total. The summed E-state index contributed by atoms with van der Waals surface area (Å²) in [5, 5.41) is 5.02. The summed E-state index contributed by atoms with van der Waals surface area (Å²) in [4.78, 5) is 0. The lowest BCUT2D eigenvalue weighted by Crippen LogP contribution is -2.18. The lowest BCUT2D eigenvalue weighted by atomic mass is 9.95. The van der Waals surface area contributed by atoms with Crippen molar-refractivity contribution in [2.24, 2.45) is 0 Å². The minimum absolute atomic E-state index is 0.163. The maximum absolute atomic E-state index is 6.36. The second-order valence-electron chi connectivity index (χ2n) is 4.71. The zero-order valence-corrected chi connectivity index (χ0v) is 14.7. The zero-order chi connectivity index (χ0) is 15.6. The Labute approximate surface area is 145 Å². The molecule has 0 heterocycles. The van der Waals surface area contributed by atoms with Crippen LogP contribution in [0.1, 0.15) is 25.5 Å². The van der Waals surface area contributed by atoms with Gasteiger partial charge in [-0.1, -0.05) is 77.6 Å². The van der Waals surface area contributed by atoms with Gasteiger partial charge >= 0.3 is 0 Å². The predicted molar refractivity (Wildman–Crippen MR) is 94.0 cm³/mol. The summed E-state index contributed by atoms with van der Waals surface area (Å²) in [6.07, 6.45) is 0.